The van der Waals surface area contributed by atoms with Crippen molar-refractivity contribution in [2.45, 2.75) is 6.92 Å². The quantitative estimate of drug-likeness (QED) is 0.481. The highest BCUT2D eigenvalue weighted by molar-refractivity contribution is 6.03. The van der Waals surface area contributed by atoms with Gasteiger partial charge in [-0.2, -0.15) is 0 Å². The van der Waals surface area contributed by atoms with Gasteiger partial charge in [0, 0.05) is 29.7 Å². The molecule has 142 valence electrons. The van der Waals surface area contributed by atoms with E-state index in [2.05, 4.69) is 10.5 Å². The molecule has 7 heteroatoms. The molecule has 4 heterocycles. The number of aromatic nitrogens is 3. The normalized spacial score (nSPS) is 11.1. The highest BCUT2D eigenvalue weighted by Crippen LogP contribution is 2.24. The van der Waals surface area contributed by atoms with E-state index in [0.717, 1.165) is 22.5 Å². The van der Waals surface area contributed by atoms with E-state index in [4.69, 9.17) is 13.9 Å². The van der Waals surface area contributed by atoms with Crippen molar-refractivity contribution in [1.29, 1.82) is 0 Å². The number of benzene rings is 1. The van der Waals surface area contributed by atoms with Gasteiger partial charge in [0.1, 0.15) is 5.65 Å². The lowest BCUT2D eigenvalue weighted by atomic mass is 10.1. The lowest BCUT2D eigenvalue weighted by Gasteiger charge is -2.03. The molecule has 4 aromatic heterocycles. The standard InChI is InChI=1S/C22H16N4O3/c1-14-4-2-10-26-13-18(24-21(14)26)15-6-8-16(9-7-15)23-22(27)17-12-20(29-25-17)19-5-3-11-28-19/h2-13H,1H3,(H,23,27). The van der Waals surface area contributed by atoms with Crippen LogP contribution in [0.1, 0.15) is 16.1 Å². The minimum atomic E-state index is -0.359. The van der Waals surface area contributed by atoms with Gasteiger partial charge in [-0.1, -0.05) is 23.4 Å². The van der Waals surface area contributed by atoms with Gasteiger partial charge < -0.3 is 18.7 Å². The van der Waals surface area contributed by atoms with Crippen molar-refractivity contribution >= 4 is 17.2 Å². The van der Waals surface area contributed by atoms with Gasteiger partial charge in [0.2, 0.25) is 5.76 Å². The molecular weight excluding hydrogens is 368 g/mol. The van der Waals surface area contributed by atoms with Crippen molar-refractivity contribution in [3.63, 3.8) is 0 Å². The average Bonchev–Trinajstić information content (AvgIpc) is 3.48. The summed E-state index contributed by atoms with van der Waals surface area (Å²) in [5, 5.41) is 6.62. The van der Waals surface area contributed by atoms with Gasteiger partial charge in [0.15, 0.2) is 11.5 Å². The maximum atomic E-state index is 12.4. The molecule has 0 fully saturated rings. The third kappa shape index (κ3) is 3.19. The summed E-state index contributed by atoms with van der Waals surface area (Å²) in [5.74, 6) is 0.559. The molecular formula is C22H16N4O3. The van der Waals surface area contributed by atoms with E-state index in [-0.39, 0.29) is 11.6 Å². The molecule has 7 nitrogen and oxygen atoms in total. The summed E-state index contributed by atoms with van der Waals surface area (Å²) < 4.78 is 12.4. The molecule has 0 aliphatic rings. The first-order valence-corrected chi connectivity index (χ1v) is 9.04. The molecule has 0 aliphatic carbocycles. The second-order valence-corrected chi connectivity index (χ2v) is 6.63. The summed E-state index contributed by atoms with van der Waals surface area (Å²) >= 11 is 0. The summed E-state index contributed by atoms with van der Waals surface area (Å²) in [6.45, 7) is 2.03. The molecule has 5 rings (SSSR count). The van der Waals surface area contributed by atoms with Crippen molar-refractivity contribution in [3.05, 3.63) is 84.5 Å². The highest BCUT2D eigenvalue weighted by atomic mass is 16.5. The van der Waals surface area contributed by atoms with E-state index in [1.165, 1.54) is 6.26 Å². The molecule has 0 saturated carbocycles. The highest BCUT2D eigenvalue weighted by Gasteiger charge is 2.15. The number of nitrogens with zero attached hydrogens (tertiary/aromatic N) is 3. The monoisotopic (exact) mass is 384 g/mol. The van der Waals surface area contributed by atoms with Crippen molar-refractivity contribution < 1.29 is 13.7 Å². The maximum absolute atomic E-state index is 12.4. The largest absolute Gasteiger partial charge is 0.461 e. The minimum absolute atomic E-state index is 0.177. The molecule has 0 saturated heterocycles. The number of pyridine rings is 1. The second kappa shape index (κ2) is 6.79. The van der Waals surface area contributed by atoms with Crippen LogP contribution in [0.15, 0.2) is 82.2 Å². The predicted octanol–water partition coefficient (Wildman–Crippen LogP) is 4.81. The van der Waals surface area contributed by atoms with Gasteiger partial charge in [-0.05, 0) is 42.8 Å². The molecule has 1 amide bonds. The molecule has 5 aromatic rings. The first kappa shape index (κ1) is 17.0. The van der Waals surface area contributed by atoms with Crippen LogP contribution < -0.4 is 5.32 Å². The zero-order chi connectivity index (χ0) is 19.8. The average molecular weight is 384 g/mol. The molecule has 1 N–H and O–H groups in total. The van der Waals surface area contributed by atoms with Crippen molar-refractivity contribution in [3.8, 4) is 22.8 Å². The van der Waals surface area contributed by atoms with E-state index in [1.807, 2.05) is 60.1 Å². The summed E-state index contributed by atoms with van der Waals surface area (Å²) in [5.41, 5.74) is 4.71. The van der Waals surface area contributed by atoms with Crippen molar-refractivity contribution in [2.24, 2.45) is 0 Å². The molecule has 0 bridgehead atoms. The Morgan fingerprint density at radius 2 is 1.93 bits per heavy atom. The lowest BCUT2D eigenvalue weighted by molar-refractivity contribution is 0.101. The summed E-state index contributed by atoms with van der Waals surface area (Å²) in [6, 6.07) is 16.6. The van der Waals surface area contributed by atoms with E-state index >= 15 is 0 Å². The third-order valence-corrected chi connectivity index (χ3v) is 4.62. The smallest absolute Gasteiger partial charge is 0.277 e. The summed E-state index contributed by atoms with van der Waals surface area (Å²) in [6.07, 6.45) is 5.49. The SMILES string of the molecule is Cc1cccn2cc(-c3ccc(NC(=O)c4cc(-c5ccco5)on4)cc3)nc12. The Kier molecular flexibility index (Phi) is 3.98. The second-order valence-electron chi connectivity index (χ2n) is 6.63. The number of furan rings is 1. The van der Waals surface area contributed by atoms with Crippen LogP contribution in [0.25, 0.3) is 28.4 Å². The van der Waals surface area contributed by atoms with Crippen molar-refractivity contribution in [2.75, 3.05) is 5.32 Å². The zero-order valence-electron chi connectivity index (χ0n) is 15.5. The Morgan fingerprint density at radius 3 is 2.69 bits per heavy atom. The Balaban J connectivity index is 1.33. The van der Waals surface area contributed by atoms with Gasteiger partial charge in [0.05, 0.1) is 12.0 Å². The zero-order valence-corrected chi connectivity index (χ0v) is 15.5. The van der Waals surface area contributed by atoms with E-state index in [9.17, 15) is 4.79 Å². The van der Waals surface area contributed by atoms with Crippen LogP contribution in [0.3, 0.4) is 0 Å². The third-order valence-electron chi connectivity index (χ3n) is 4.62. The van der Waals surface area contributed by atoms with Gasteiger partial charge in [-0.15, -0.1) is 0 Å². The molecule has 0 unspecified atom stereocenters. The molecule has 29 heavy (non-hydrogen) atoms. The number of nitrogens with one attached hydrogen (secondary N) is 1. The number of rotatable bonds is 4. The van der Waals surface area contributed by atoms with Crippen LogP contribution in [0.4, 0.5) is 5.69 Å². The van der Waals surface area contributed by atoms with E-state index in [0.29, 0.717) is 17.2 Å². The summed E-state index contributed by atoms with van der Waals surface area (Å²) in [7, 11) is 0. The Labute approximate surface area is 165 Å². The van der Waals surface area contributed by atoms with Crippen LogP contribution >= 0.6 is 0 Å². The molecule has 0 radical (unpaired) electrons. The number of aryl methyl sites for hydroxylation is 1. The number of anilines is 1. The molecule has 0 spiro atoms. The number of fused-ring (bicyclic) bond motifs is 1. The number of imidazole rings is 1. The number of amides is 1. The number of hydrogen-bond acceptors (Lipinski definition) is 5. The lowest BCUT2D eigenvalue weighted by Crippen LogP contribution is -2.11. The Morgan fingerprint density at radius 1 is 1.07 bits per heavy atom. The van der Waals surface area contributed by atoms with Crippen LogP contribution in [-0.2, 0) is 0 Å². The van der Waals surface area contributed by atoms with Crippen LogP contribution in [-0.4, -0.2) is 20.4 Å². The minimum Gasteiger partial charge on any atom is -0.461 e. The Bertz CT molecular complexity index is 1300. The van der Waals surface area contributed by atoms with E-state index in [1.54, 1.807) is 18.2 Å². The predicted molar refractivity (Wildman–Crippen MR) is 108 cm³/mol. The first-order chi connectivity index (χ1) is 14.2. The fourth-order valence-corrected chi connectivity index (χ4v) is 3.13. The summed E-state index contributed by atoms with van der Waals surface area (Å²) in [4.78, 5) is 17.1. The number of carbonyl (C=O) groups excluding carboxylic acids is 1. The molecule has 1 aromatic carbocycles. The van der Waals surface area contributed by atoms with Gasteiger partial charge in [-0.25, -0.2) is 4.98 Å². The van der Waals surface area contributed by atoms with Gasteiger partial charge in [0.25, 0.3) is 5.91 Å². The number of hydrogen-bond donors (Lipinski definition) is 1. The van der Waals surface area contributed by atoms with Crippen LogP contribution in [0, 0.1) is 6.92 Å². The van der Waals surface area contributed by atoms with Crippen molar-refractivity contribution in [1.82, 2.24) is 14.5 Å². The van der Waals surface area contributed by atoms with Gasteiger partial charge in [-0.3, -0.25) is 4.79 Å². The fraction of sp³-hybridized carbons (Fsp3) is 0.0455. The van der Waals surface area contributed by atoms with Crippen LogP contribution in [0.2, 0.25) is 0 Å². The fourth-order valence-electron chi connectivity index (χ4n) is 3.13. The van der Waals surface area contributed by atoms with E-state index < -0.39 is 0 Å². The van der Waals surface area contributed by atoms with Crippen LogP contribution in [0.5, 0.6) is 0 Å². The van der Waals surface area contributed by atoms with Gasteiger partial charge >= 0.3 is 0 Å². The Hall–Kier alpha value is -4.13. The molecule has 0 aliphatic heterocycles. The molecule has 0 atom stereocenters. The first-order valence-electron chi connectivity index (χ1n) is 9.04. The topological polar surface area (TPSA) is 85.6 Å². The maximum Gasteiger partial charge on any atom is 0.277 e. The number of carbonyl (C=O) groups is 1.